The van der Waals surface area contributed by atoms with Gasteiger partial charge in [0.05, 0.1) is 43.1 Å². The minimum Gasteiger partial charge on any atom is -0.493 e. The second-order valence-corrected chi connectivity index (χ2v) is 11.2. The van der Waals surface area contributed by atoms with Crippen molar-refractivity contribution < 1.29 is 22.7 Å². The quantitative estimate of drug-likeness (QED) is 0.409. The Balaban J connectivity index is 1.53. The molecule has 2 N–H and O–H groups in total. The van der Waals surface area contributed by atoms with Gasteiger partial charge in [-0.05, 0) is 55.2 Å². The molecule has 1 fully saturated rings. The summed E-state index contributed by atoms with van der Waals surface area (Å²) >= 11 is 0. The second kappa shape index (κ2) is 10.7. The van der Waals surface area contributed by atoms with Gasteiger partial charge < -0.3 is 14.8 Å². The largest absolute Gasteiger partial charge is 0.493 e. The molecule has 0 unspecified atom stereocenters. The maximum absolute atomic E-state index is 12.7. The molecule has 2 aromatic carbocycles. The molecule has 37 heavy (non-hydrogen) atoms. The monoisotopic (exact) mass is 525 g/mol. The van der Waals surface area contributed by atoms with Crippen LogP contribution in [0, 0.1) is 6.92 Å². The molecule has 1 aliphatic carbocycles. The van der Waals surface area contributed by atoms with E-state index in [0.717, 1.165) is 29.7 Å². The van der Waals surface area contributed by atoms with E-state index >= 15 is 0 Å². The van der Waals surface area contributed by atoms with Crippen LogP contribution in [0.2, 0.25) is 0 Å². The van der Waals surface area contributed by atoms with Gasteiger partial charge in [0.15, 0.2) is 11.5 Å². The highest BCUT2D eigenvalue weighted by molar-refractivity contribution is 7.89. The van der Waals surface area contributed by atoms with Crippen LogP contribution in [-0.2, 0) is 21.2 Å². The highest BCUT2D eigenvalue weighted by Crippen LogP contribution is 2.43. The topological polar surface area (TPSA) is 123 Å². The van der Waals surface area contributed by atoms with Gasteiger partial charge in [-0.15, -0.1) is 0 Å². The number of anilines is 3. The summed E-state index contributed by atoms with van der Waals surface area (Å²) in [6, 6.07) is 10.3. The highest BCUT2D eigenvalue weighted by atomic mass is 32.2. The Hall–Kier alpha value is -3.70. The minimum atomic E-state index is -3.58. The van der Waals surface area contributed by atoms with Crippen LogP contribution in [0.4, 0.5) is 17.3 Å². The minimum absolute atomic E-state index is 0.120. The first-order valence-corrected chi connectivity index (χ1v) is 13.2. The predicted molar refractivity (Wildman–Crippen MR) is 141 cm³/mol. The molecule has 1 heterocycles. The molecule has 0 spiro atoms. The fourth-order valence-electron chi connectivity index (χ4n) is 3.82. The molecule has 196 valence electrons. The van der Waals surface area contributed by atoms with Crippen molar-refractivity contribution >= 4 is 33.3 Å². The van der Waals surface area contributed by atoms with E-state index in [0.29, 0.717) is 22.9 Å². The molecular weight excluding hydrogens is 494 g/mol. The molecular formula is C26H31N5O5S. The summed E-state index contributed by atoms with van der Waals surface area (Å²) in [5.74, 6) is 1.35. The van der Waals surface area contributed by atoms with Gasteiger partial charge in [-0.2, -0.15) is 0 Å². The highest BCUT2D eigenvalue weighted by Gasteiger charge is 2.29. The van der Waals surface area contributed by atoms with Crippen LogP contribution in [0.3, 0.4) is 0 Å². The van der Waals surface area contributed by atoms with Crippen molar-refractivity contribution in [3.63, 3.8) is 0 Å². The number of aromatic nitrogens is 2. The van der Waals surface area contributed by atoms with Crippen molar-refractivity contribution in [3.05, 3.63) is 59.4 Å². The van der Waals surface area contributed by atoms with Crippen LogP contribution in [0.25, 0.3) is 0 Å². The zero-order chi connectivity index (χ0) is 26.7. The molecule has 1 aliphatic rings. The Morgan fingerprint density at radius 1 is 1.05 bits per heavy atom. The third kappa shape index (κ3) is 6.00. The summed E-state index contributed by atoms with van der Waals surface area (Å²) in [6.07, 6.45) is 3.71. The average molecular weight is 526 g/mol. The van der Waals surface area contributed by atoms with Gasteiger partial charge in [-0.25, -0.2) is 22.7 Å². The number of nitrogens with zero attached hydrogens (tertiary/aromatic N) is 3. The lowest BCUT2D eigenvalue weighted by molar-refractivity contribution is -0.115. The zero-order valence-corrected chi connectivity index (χ0v) is 22.3. The number of ether oxygens (including phenoxy) is 2. The van der Waals surface area contributed by atoms with Crippen LogP contribution in [-0.4, -0.2) is 56.9 Å². The number of nitrogens with one attached hydrogen (secondary N) is 2. The molecule has 0 atom stereocenters. The number of hydrogen-bond acceptors (Lipinski definition) is 8. The summed E-state index contributed by atoms with van der Waals surface area (Å²) in [4.78, 5) is 21.9. The number of carbonyl (C=O) groups excluding carboxylic acids is 1. The van der Waals surface area contributed by atoms with Gasteiger partial charge in [-0.3, -0.25) is 10.1 Å². The summed E-state index contributed by atoms with van der Waals surface area (Å²) in [5, 5.41) is 6.09. The number of methoxy groups -OCH3 is 2. The average Bonchev–Trinajstić information content (AvgIpc) is 3.71. The molecule has 1 amide bonds. The van der Waals surface area contributed by atoms with Gasteiger partial charge in [-0.1, -0.05) is 12.1 Å². The molecule has 11 heteroatoms. The summed E-state index contributed by atoms with van der Waals surface area (Å²) < 4.78 is 36.9. The van der Waals surface area contributed by atoms with E-state index in [1.54, 1.807) is 56.8 Å². The van der Waals surface area contributed by atoms with E-state index in [-0.39, 0.29) is 29.1 Å². The van der Waals surface area contributed by atoms with E-state index in [1.807, 2.05) is 6.92 Å². The van der Waals surface area contributed by atoms with Gasteiger partial charge >= 0.3 is 0 Å². The Bertz CT molecular complexity index is 1420. The van der Waals surface area contributed by atoms with Crippen LogP contribution in [0.5, 0.6) is 11.5 Å². The fourth-order valence-corrected chi connectivity index (χ4v) is 4.74. The molecule has 1 aromatic heterocycles. The summed E-state index contributed by atoms with van der Waals surface area (Å²) in [5.41, 5.74) is 3.77. The molecule has 1 saturated carbocycles. The van der Waals surface area contributed by atoms with E-state index < -0.39 is 10.0 Å². The standard InChI is InChI=1S/C26H31N5O5S/c1-16-6-10-19(37(33,34)31(2)3)14-20(16)28-21-15-27-26(30-25(21)18-8-9-18)29-24(32)13-17-7-11-22(35-4)23(12-17)36-5/h6-7,10-12,14-15,18,28H,8-9,13H2,1-5H3,(H,27,29,30,32). The number of benzene rings is 2. The smallest absolute Gasteiger partial charge is 0.242 e. The van der Waals surface area contributed by atoms with Gasteiger partial charge in [0, 0.05) is 25.7 Å². The first kappa shape index (κ1) is 26.4. The van der Waals surface area contributed by atoms with E-state index in [9.17, 15) is 13.2 Å². The number of hydrogen-bond donors (Lipinski definition) is 2. The predicted octanol–water partition coefficient (Wildman–Crippen LogP) is 3.85. The van der Waals surface area contributed by atoms with Gasteiger partial charge in [0.2, 0.25) is 21.9 Å². The Morgan fingerprint density at radius 3 is 2.43 bits per heavy atom. The number of sulfonamides is 1. The van der Waals surface area contributed by atoms with Crippen molar-refractivity contribution in [2.45, 2.75) is 37.0 Å². The second-order valence-electron chi connectivity index (χ2n) is 9.07. The van der Waals surface area contributed by atoms with Crippen LogP contribution in [0.1, 0.15) is 35.6 Å². The summed E-state index contributed by atoms with van der Waals surface area (Å²) in [7, 11) is 2.52. The Labute approximate surface area is 217 Å². The fraction of sp³-hybridized carbons (Fsp3) is 0.346. The third-order valence-electron chi connectivity index (χ3n) is 6.10. The van der Waals surface area contributed by atoms with Crippen molar-refractivity contribution in [2.75, 3.05) is 38.9 Å². The van der Waals surface area contributed by atoms with Crippen molar-refractivity contribution in [2.24, 2.45) is 0 Å². The third-order valence-corrected chi connectivity index (χ3v) is 7.91. The van der Waals surface area contributed by atoms with Crippen molar-refractivity contribution in [3.8, 4) is 11.5 Å². The molecule has 0 radical (unpaired) electrons. The number of carbonyl (C=O) groups is 1. The van der Waals surface area contributed by atoms with Crippen LogP contribution in [0.15, 0.2) is 47.5 Å². The van der Waals surface area contributed by atoms with Gasteiger partial charge in [0.1, 0.15) is 0 Å². The maximum atomic E-state index is 12.7. The lowest BCUT2D eigenvalue weighted by atomic mass is 10.1. The van der Waals surface area contributed by atoms with E-state index in [2.05, 4.69) is 20.6 Å². The van der Waals surface area contributed by atoms with Crippen molar-refractivity contribution in [1.82, 2.24) is 14.3 Å². The van der Waals surface area contributed by atoms with E-state index in [1.165, 1.54) is 18.4 Å². The first-order chi connectivity index (χ1) is 17.6. The molecule has 0 bridgehead atoms. The van der Waals surface area contributed by atoms with Crippen LogP contribution < -0.4 is 20.1 Å². The number of amides is 1. The summed E-state index contributed by atoms with van der Waals surface area (Å²) in [6.45, 7) is 1.90. The molecule has 10 nitrogen and oxygen atoms in total. The Morgan fingerprint density at radius 2 is 1.78 bits per heavy atom. The lowest BCUT2D eigenvalue weighted by Crippen LogP contribution is -2.22. The van der Waals surface area contributed by atoms with Gasteiger partial charge in [0.25, 0.3) is 0 Å². The van der Waals surface area contributed by atoms with Crippen LogP contribution >= 0.6 is 0 Å². The molecule has 4 rings (SSSR count). The van der Waals surface area contributed by atoms with Crippen molar-refractivity contribution in [1.29, 1.82) is 0 Å². The maximum Gasteiger partial charge on any atom is 0.242 e. The normalized spacial score (nSPS) is 13.4. The lowest BCUT2D eigenvalue weighted by Gasteiger charge is -2.16. The molecule has 0 saturated heterocycles. The molecule has 0 aliphatic heterocycles. The Kier molecular flexibility index (Phi) is 7.65. The number of rotatable bonds is 10. The SMILES string of the molecule is COc1ccc(CC(=O)Nc2ncc(Nc3cc(S(=O)(=O)N(C)C)ccc3C)c(C3CC3)n2)cc1OC. The number of aryl methyl sites for hydroxylation is 1. The van der Waals surface area contributed by atoms with E-state index in [4.69, 9.17) is 9.47 Å². The first-order valence-electron chi connectivity index (χ1n) is 11.8. The molecule has 3 aromatic rings. The zero-order valence-electron chi connectivity index (χ0n) is 21.5.